The van der Waals surface area contributed by atoms with Gasteiger partial charge in [-0.15, -0.1) is 0 Å². The molecule has 20 heavy (non-hydrogen) atoms. The molecule has 100 valence electrons. The monoisotopic (exact) mass is 271 g/mol. The van der Waals surface area contributed by atoms with Crippen molar-refractivity contribution < 1.29 is 14.0 Å². The van der Waals surface area contributed by atoms with Gasteiger partial charge in [-0.1, -0.05) is 11.2 Å². The number of aromatic hydroxyl groups is 1. The third-order valence-electron chi connectivity index (χ3n) is 2.86. The topological polar surface area (TPSA) is 72.0 Å². The highest BCUT2D eigenvalue weighted by Gasteiger charge is 2.16. The van der Waals surface area contributed by atoms with Gasteiger partial charge in [0.15, 0.2) is 5.69 Å². The number of benzene rings is 1. The Hall–Kier alpha value is -2.76. The third kappa shape index (κ3) is 2.11. The third-order valence-corrected chi connectivity index (χ3v) is 2.86. The van der Waals surface area contributed by atoms with Gasteiger partial charge in [0.2, 0.25) is 5.82 Å². The first-order chi connectivity index (χ1) is 9.65. The van der Waals surface area contributed by atoms with Crippen molar-refractivity contribution >= 4 is 0 Å². The fraction of sp³-hybridized carbons (Fsp3) is 0.0714. The van der Waals surface area contributed by atoms with E-state index in [2.05, 4.69) is 15.1 Å². The van der Waals surface area contributed by atoms with Crippen molar-refractivity contribution in [2.45, 2.75) is 6.92 Å². The summed E-state index contributed by atoms with van der Waals surface area (Å²) in [6.07, 6.45) is 1.51. The molecule has 0 saturated carbocycles. The first-order valence-electron chi connectivity index (χ1n) is 5.90. The van der Waals surface area contributed by atoms with Gasteiger partial charge in [0.1, 0.15) is 11.6 Å². The van der Waals surface area contributed by atoms with Crippen LogP contribution in [0.5, 0.6) is 5.75 Å². The second-order valence-electron chi connectivity index (χ2n) is 4.25. The van der Waals surface area contributed by atoms with Gasteiger partial charge >= 0.3 is 0 Å². The normalized spacial score (nSPS) is 10.7. The number of rotatable bonds is 2. The van der Waals surface area contributed by atoms with Gasteiger partial charge in [0.25, 0.3) is 5.89 Å². The van der Waals surface area contributed by atoms with E-state index in [4.69, 9.17) is 4.52 Å². The largest absolute Gasteiger partial charge is 0.505 e. The van der Waals surface area contributed by atoms with E-state index in [1.807, 2.05) is 6.92 Å². The van der Waals surface area contributed by atoms with Crippen LogP contribution in [0.3, 0.4) is 0 Å². The number of pyridine rings is 1. The average molecular weight is 271 g/mol. The molecule has 0 spiro atoms. The molecule has 3 rings (SSSR count). The number of hydrogen-bond donors (Lipinski definition) is 1. The molecule has 2 aromatic heterocycles. The maximum atomic E-state index is 13.3. The molecule has 0 saturated heterocycles. The zero-order valence-electron chi connectivity index (χ0n) is 10.5. The van der Waals surface area contributed by atoms with Crippen LogP contribution < -0.4 is 0 Å². The van der Waals surface area contributed by atoms with Gasteiger partial charge in [0.05, 0.1) is 0 Å². The van der Waals surface area contributed by atoms with Crippen LogP contribution in [0.4, 0.5) is 4.39 Å². The van der Waals surface area contributed by atoms with Crippen molar-refractivity contribution in [2.24, 2.45) is 0 Å². The molecule has 5 nitrogen and oxygen atoms in total. The lowest BCUT2D eigenvalue weighted by atomic mass is 10.1. The van der Waals surface area contributed by atoms with Crippen LogP contribution in [0.15, 0.2) is 41.1 Å². The van der Waals surface area contributed by atoms with Gasteiger partial charge < -0.3 is 9.63 Å². The van der Waals surface area contributed by atoms with E-state index in [9.17, 15) is 9.50 Å². The molecule has 0 radical (unpaired) electrons. The number of aryl methyl sites for hydroxylation is 1. The fourth-order valence-electron chi connectivity index (χ4n) is 1.83. The summed E-state index contributed by atoms with van der Waals surface area (Å²) in [7, 11) is 0. The Morgan fingerprint density at radius 1 is 1.25 bits per heavy atom. The van der Waals surface area contributed by atoms with Gasteiger partial charge in [-0.3, -0.25) is 0 Å². The van der Waals surface area contributed by atoms with E-state index in [-0.39, 0.29) is 29.0 Å². The van der Waals surface area contributed by atoms with Crippen LogP contribution in [0, 0.1) is 12.7 Å². The highest BCUT2D eigenvalue weighted by atomic mass is 19.1. The Morgan fingerprint density at radius 3 is 2.90 bits per heavy atom. The van der Waals surface area contributed by atoms with Crippen molar-refractivity contribution in [1.29, 1.82) is 0 Å². The Morgan fingerprint density at radius 2 is 2.10 bits per heavy atom. The van der Waals surface area contributed by atoms with Crippen LogP contribution in [0.2, 0.25) is 0 Å². The summed E-state index contributed by atoms with van der Waals surface area (Å²) in [6.45, 7) is 1.82. The minimum Gasteiger partial charge on any atom is -0.505 e. The first kappa shape index (κ1) is 12.3. The molecular formula is C14H10FN3O2. The summed E-state index contributed by atoms with van der Waals surface area (Å²) >= 11 is 0. The van der Waals surface area contributed by atoms with Gasteiger partial charge in [0, 0.05) is 11.8 Å². The van der Waals surface area contributed by atoms with Crippen LogP contribution in [-0.4, -0.2) is 20.2 Å². The predicted molar refractivity (Wildman–Crippen MR) is 69.3 cm³/mol. The molecule has 1 aromatic carbocycles. The summed E-state index contributed by atoms with van der Waals surface area (Å²) in [6, 6.07) is 7.40. The molecule has 0 bridgehead atoms. The zero-order chi connectivity index (χ0) is 14.1. The molecule has 3 aromatic rings. The van der Waals surface area contributed by atoms with Gasteiger partial charge in [-0.05, 0) is 36.8 Å². The molecule has 0 unspecified atom stereocenters. The molecule has 0 fully saturated rings. The van der Waals surface area contributed by atoms with Crippen molar-refractivity contribution in [3.8, 4) is 28.7 Å². The van der Waals surface area contributed by atoms with E-state index in [1.54, 1.807) is 12.1 Å². The number of aromatic nitrogens is 3. The smallest absolute Gasteiger partial charge is 0.280 e. The zero-order valence-corrected chi connectivity index (χ0v) is 10.5. The molecule has 6 heteroatoms. The molecule has 0 amide bonds. The van der Waals surface area contributed by atoms with Crippen LogP contribution in [0.1, 0.15) is 5.56 Å². The first-order valence-corrected chi connectivity index (χ1v) is 5.90. The van der Waals surface area contributed by atoms with E-state index in [0.29, 0.717) is 5.56 Å². The predicted octanol–water partition coefficient (Wildman–Crippen LogP) is 2.95. The van der Waals surface area contributed by atoms with Crippen molar-refractivity contribution in [2.75, 3.05) is 0 Å². The van der Waals surface area contributed by atoms with E-state index < -0.39 is 0 Å². The number of nitrogens with zero attached hydrogens (tertiary/aromatic N) is 3. The lowest BCUT2D eigenvalue weighted by Crippen LogP contribution is -1.88. The summed E-state index contributed by atoms with van der Waals surface area (Å²) in [5, 5.41) is 13.5. The summed E-state index contributed by atoms with van der Waals surface area (Å²) in [4.78, 5) is 8.12. The molecule has 0 aliphatic heterocycles. The summed E-state index contributed by atoms with van der Waals surface area (Å²) in [5.41, 5.74) is 1.56. The van der Waals surface area contributed by atoms with Gasteiger partial charge in [-0.25, -0.2) is 9.37 Å². The lowest BCUT2D eigenvalue weighted by molar-refractivity contribution is 0.423. The van der Waals surface area contributed by atoms with E-state index >= 15 is 0 Å². The minimum atomic E-state index is -0.377. The maximum Gasteiger partial charge on any atom is 0.280 e. The minimum absolute atomic E-state index is 0.0568. The summed E-state index contributed by atoms with van der Waals surface area (Å²) < 4.78 is 18.4. The molecule has 0 aliphatic carbocycles. The van der Waals surface area contributed by atoms with E-state index in [0.717, 1.165) is 5.56 Å². The highest BCUT2D eigenvalue weighted by molar-refractivity contribution is 5.63. The standard InChI is InChI=1S/C14H10FN3O2/c1-8-4-5-9(15)7-10(8)13-17-14(20-18-13)12-11(19)3-2-6-16-12/h2-7,19H,1H3. The average Bonchev–Trinajstić information content (AvgIpc) is 2.91. The molecule has 0 aliphatic rings. The van der Waals surface area contributed by atoms with E-state index in [1.165, 1.54) is 24.4 Å². The SMILES string of the molecule is Cc1ccc(F)cc1-c1noc(-c2ncccc2O)n1. The molecule has 0 atom stereocenters. The summed E-state index contributed by atoms with van der Waals surface area (Å²) in [5.74, 6) is -0.0971. The Balaban J connectivity index is 2.07. The van der Waals surface area contributed by atoms with Crippen LogP contribution >= 0.6 is 0 Å². The van der Waals surface area contributed by atoms with Crippen molar-refractivity contribution in [1.82, 2.24) is 15.1 Å². The number of hydrogen-bond acceptors (Lipinski definition) is 5. The Kier molecular flexibility index (Phi) is 2.90. The van der Waals surface area contributed by atoms with Gasteiger partial charge in [-0.2, -0.15) is 4.98 Å². The van der Waals surface area contributed by atoms with Crippen LogP contribution in [-0.2, 0) is 0 Å². The second-order valence-corrected chi connectivity index (χ2v) is 4.25. The fourth-order valence-corrected chi connectivity index (χ4v) is 1.83. The number of halogens is 1. The quantitative estimate of drug-likeness (QED) is 0.775. The maximum absolute atomic E-state index is 13.3. The van der Waals surface area contributed by atoms with Crippen molar-refractivity contribution in [3.05, 3.63) is 47.9 Å². The Labute approximate surface area is 113 Å². The lowest BCUT2D eigenvalue weighted by Gasteiger charge is -1.99. The van der Waals surface area contributed by atoms with Crippen LogP contribution in [0.25, 0.3) is 23.0 Å². The molecule has 1 N–H and O–H groups in total. The van der Waals surface area contributed by atoms with Crippen molar-refractivity contribution in [3.63, 3.8) is 0 Å². The molecule has 2 heterocycles. The second kappa shape index (κ2) is 4.73. The molecular weight excluding hydrogens is 261 g/mol. The highest BCUT2D eigenvalue weighted by Crippen LogP contribution is 2.28. The Bertz CT molecular complexity index is 771.